The molecule has 35 heavy (non-hydrogen) atoms. The number of aromatic nitrogens is 4. The summed E-state index contributed by atoms with van der Waals surface area (Å²) in [6.07, 6.45) is 5.63. The van der Waals surface area contributed by atoms with Gasteiger partial charge in [0.1, 0.15) is 5.52 Å². The van der Waals surface area contributed by atoms with Gasteiger partial charge in [-0.2, -0.15) is 0 Å². The van der Waals surface area contributed by atoms with Crippen molar-refractivity contribution in [3.05, 3.63) is 107 Å². The normalized spacial score (nSPS) is 13.5. The molecule has 0 aliphatic heterocycles. The molecule has 0 fully saturated rings. The van der Waals surface area contributed by atoms with Crippen molar-refractivity contribution in [1.82, 2.24) is 19.4 Å². The van der Waals surface area contributed by atoms with Crippen LogP contribution in [0.4, 0.5) is 0 Å². The SMILES string of the molecule is c1ccc2c(c1)Cc1cc3c(cc1-2)-c1ccc2c(nc4c5ncccc5c5ncccc5n24)c1C3. The van der Waals surface area contributed by atoms with Gasteiger partial charge in [0.25, 0.3) is 0 Å². The van der Waals surface area contributed by atoms with Crippen LogP contribution >= 0.6 is 0 Å². The quantitative estimate of drug-likeness (QED) is 0.243. The standard InChI is InChI=1S/C31H18N4/c1-2-6-20-17(5-1)13-18-14-19-15-25-21(24(19)16-23(18)20)9-10-27-29(25)34-31-30-22(7-3-11-33-30)28-26(35(27)31)8-4-12-32-28/h1-12,14,16H,13,15H2. The Morgan fingerprint density at radius 1 is 0.571 bits per heavy atom. The highest BCUT2D eigenvalue weighted by atomic mass is 15.0. The zero-order valence-corrected chi connectivity index (χ0v) is 18.8. The highest BCUT2D eigenvalue weighted by Crippen LogP contribution is 2.46. The zero-order valence-electron chi connectivity index (χ0n) is 18.8. The fourth-order valence-electron chi connectivity index (χ4n) is 6.41. The molecule has 0 radical (unpaired) electrons. The van der Waals surface area contributed by atoms with E-state index in [1.165, 1.54) is 44.5 Å². The van der Waals surface area contributed by atoms with E-state index in [1.54, 1.807) is 0 Å². The number of rotatable bonds is 0. The number of fused-ring (bicyclic) bond motifs is 15. The molecule has 4 nitrogen and oxygen atoms in total. The smallest absolute Gasteiger partial charge is 0.165 e. The Balaban J connectivity index is 1.36. The molecular formula is C31H18N4. The van der Waals surface area contributed by atoms with Crippen LogP contribution in [-0.2, 0) is 12.8 Å². The fraction of sp³-hybridized carbons (Fsp3) is 0.0645. The van der Waals surface area contributed by atoms with Crippen molar-refractivity contribution in [2.75, 3.05) is 0 Å². The molecule has 0 atom stereocenters. The van der Waals surface area contributed by atoms with Crippen molar-refractivity contribution < 1.29 is 0 Å². The molecule has 0 saturated carbocycles. The van der Waals surface area contributed by atoms with Crippen LogP contribution < -0.4 is 0 Å². The largest absolute Gasteiger partial charge is 0.289 e. The molecule has 3 aromatic carbocycles. The lowest BCUT2D eigenvalue weighted by Gasteiger charge is -2.08. The third-order valence-electron chi connectivity index (χ3n) is 7.91. The van der Waals surface area contributed by atoms with E-state index >= 15 is 0 Å². The average Bonchev–Trinajstić information content (AvgIpc) is 3.58. The first kappa shape index (κ1) is 17.8. The molecule has 4 heteroatoms. The van der Waals surface area contributed by atoms with Crippen molar-refractivity contribution in [1.29, 1.82) is 0 Å². The molecule has 7 aromatic rings. The van der Waals surface area contributed by atoms with Crippen LogP contribution in [0.1, 0.15) is 22.3 Å². The van der Waals surface area contributed by atoms with E-state index in [4.69, 9.17) is 15.0 Å². The first-order valence-electron chi connectivity index (χ1n) is 12.0. The minimum Gasteiger partial charge on any atom is -0.289 e. The Hall–Kier alpha value is -4.57. The van der Waals surface area contributed by atoms with Gasteiger partial charge in [0, 0.05) is 24.2 Å². The van der Waals surface area contributed by atoms with Crippen LogP contribution in [0.25, 0.3) is 60.9 Å². The molecule has 2 aliphatic carbocycles. The second kappa shape index (κ2) is 6.10. The Morgan fingerprint density at radius 3 is 2.34 bits per heavy atom. The number of nitrogens with zero attached hydrogens (tertiary/aromatic N) is 4. The van der Waals surface area contributed by atoms with E-state index in [-0.39, 0.29) is 0 Å². The third-order valence-corrected chi connectivity index (χ3v) is 7.91. The van der Waals surface area contributed by atoms with Crippen LogP contribution in [0.15, 0.2) is 85.2 Å². The summed E-state index contributed by atoms with van der Waals surface area (Å²) in [6.45, 7) is 0. The number of benzene rings is 3. The van der Waals surface area contributed by atoms with Crippen molar-refractivity contribution in [3.8, 4) is 22.3 Å². The molecule has 9 rings (SSSR count). The van der Waals surface area contributed by atoms with E-state index in [2.05, 4.69) is 65.1 Å². The van der Waals surface area contributed by atoms with Crippen LogP contribution in [-0.4, -0.2) is 19.4 Å². The molecular weight excluding hydrogens is 428 g/mol. The lowest BCUT2D eigenvalue weighted by molar-refractivity contribution is 1.22. The van der Waals surface area contributed by atoms with Gasteiger partial charge < -0.3 is 0 Å². The van der Waals surface area contributed by atoms with Crippen molar-refractivity contribution in [2.24, 2.45) is 0 Å². The first-order chi connectivity index (χ1) is 17.3. The van der Waals surface area contributed by atoms with E-state index in [1.807, 2.05) is 24.5 Å². The van der Waals surface area contributed by atoms with E-state index in [0.29, 0.717) is 0 Å². The minimum atomic E-state index is 0.898. The molecule has 162 valence electrons. The second-order valence-electron chi connectivity index (χ2n) is 9.68. The average molecular weight is 447 g/mol. The molecule has 0 N–H and O–H groups in total. The third kappa shape index (κ3) is 2.15. The highest BCUT2D eigenvalue weighted by Gasteiger charge is 2.28. The van der Waals surface area contributed by atoms with Gasteiger partial charge in [0.15, 0.2) is 5.65 Å². The Labute approximate surface area is 200 Å². The predicted molar refractivity (Wildman–Crippen MR) is 140 cm³/mol. The molecule has 0 spiro atoms. The first-order valence-corrected chi connectivity index (χ1v) is 12.0. The number of hydrogen-bond donors (Lipinski definition) is 0. The zero-order chi connectivity index (χ0) is 22.7. The Morgan fingerprint density at radius 2 is 1.37 bits per heavy atom. The summed E-state index contributed by atoms with van der Waals surface area (Å²) in [6, 6.07) is 26.4. The van der Waals surface area contributed by atoms with Crippen molar-refractivity contribution in [2.45, 2.75) is 12.8 Å². The molecule has 0 unspecified atom stereocenters. The molecule has 2 aliphatic rings. The second-order valence-corrected chi connectivity index (χ2v) is 9.68. The van der Waals surface area contributed by atoms with Crippen molar-refractivity contribution >= 4 is 38.6 Å². The molecule has 4 heterocycles. The molecule has 0 saturated heterocycles. The van der Waals surface area contributed by atoms with E-state index in [0.717, 1.165) is 51.5 Å². The van der Waals surface area contributed by atoms with Crippen LogP contribution in [0.2, 0.25) is 0 Å². The maximum atomic E-state index is 5.24. The van der Waals surface area contributed by atoms with Gasteiger partial charge in [-0.25, -0.2) is 4.98 Å². The van der Waals surface area contributed by atoms with Crippen LogP contribution in [0, 0.1) is 0 Å². The van der Waals surface area contributed by atoms with Gasteiger partial charge in [-0.15, -0.1) is 0 Å². The highest BCUT2D eigenvalue weighted by molar-refractivity contribution is 6.11. The maximum Gasteiger partial charge on any atom is 0.165 e. The topological polar surface area (TPSA) is 43.1 Å². The molecule has 0 amide bonds. The summed E-state index contributed by atoms with van der Waals surface area (Å²) in [5.41, 5.74) is 17.0. The summed E-state index contributed by atoms with van der Waals surface area (Å²) in [4.78, 5) is 14.7. The summed E-state index contributed by atoms with van der Waals surface area (Å²) >= 11 is 0. The van der Waals surface area contributed by atoms with Crippen LogP contribution in [0.3, 0.4) is 0 Å². The lowest BCUT2D eigenvalue weighted by Crippen LogP contribution is -1.94. The summed E-state index contributed by atoms with van der Waals surface area (Å²) < 4.78 is 2.24. The van der Waals surface area contributed by atoms with Gasteiger partial charge in [0.2, 0.25) is 0 Å². The van der Waals surface area contributed by atoms with Gasteiger partial charge in [-0.3, -0.25) is 14.4 Å². The summed E-state index contributed by atoms with van der Waals surface area (Å²) in [5, 5.41) is 1.04. The Kier molecular flexibility index (Phi) is 3.11. The van der Waals surface area contributed by atoms with E-state index in [9.17, 15) is 0 Å². The van der Waals surface area contributed by atoms with Gasteiger partial charge in [-0.05, 0) is 87.3 Å². The molecule has 0 bridgehead atoms. The monoisotopic (exact) mass is 446 g/mol. The lowest BCUT2D eigenvalue weighted by atomic mass is 9.98. The Bertz CT molecular complexity index is 2070. The van der Waals surface area contributed by atoms with E-state index < -0.39 is 0 Å². The summed E-state index contributed by atoms with van der Waals surface area (Å²) in [7, 11) is 0. The number of imidazole rings is 1. The van der Waals surface area contributed by atoms with Gasteiger partial charge >= 0.3 is 0 Å². The number of pyridine rings is 3. The van der Waals surface area contributed by atoms with Crippen molar-refractivity contribution in [3.63, 3.8) is 0 Å². The minimum absolute atomic E-state index is 0.898. The van der Waals surface area contributed by atoms with Gasteiger partial charge in [-0.1, -0.05) is 36.4 Å². The van der Waals surface area contributed by atoms with Crippen LogP contribution in [0.5, 0.6) is 0 Å². The number of hydrogen-bond acceptors (Lipinski definition) is 3. The molecule has 4 aromatic heterocycles. The summed E-state index contributed by atoms with van der Waals surface area (Å²) in [5.74, 6) is 0. The fourth-order valence-corrected chi connectivity index (χ4v) is 6.41. The predicted octanol–water partition coefficient (Wildman–Crippen LogP) is 6.73. The van der Waals surface area contributed by atoms with Gasteiger partial charge in [0.05, 0.1) is 22.1 Å². The maximum absolute atomic E-state index is 5.24.